The lowest BCUT2D eigenvalue weighted by atomic mass is 10.1. The minimum Gasteiger partial charge on any atom is -0.492 e. The molecule has 0 amide bonds. The van der Waals surface area contributed by atoms with E-state index >= 15 is 0 Å². The van der Waals surface area contributed by atoms with Crippen LogP contribution in [-0.4, -0.2) is 40.6 Å². The van der Waals surface area contributed by atoms with Crippen molar-refractivity contribution in [2.75, 3.05) is 32.1 Å². The van der Waals surface area contributed by atoms with Crippen LogP contribution in [0.3, 0.4) is 0 Å². The summed E-state index contributed by atoms with van der Waals surface area (Å²) >= 11 is 0. The van der Waals surface area contributed by atoms with Crippen LogP contribution in [0.5, 0.6) is 5.75 Å². The molecule has 0 saturated carbocycles. The highest BCUT2D eigenvalue weighted by atomic mass is 32.2. The van der Waals surface area contributed by atoms with E-state index in [2.05, 4.69) is 4.72 Å². The molecule has 1 N–H and O–H groups in total. The van der Waals surface area contributed by atoms with E-state index in [1.807, 2.05) is 32.0 Å². The number of rotatable bonds is 8. The number of nitrogens with zero attached hydrogens (tertiary/aromatic N) is 2. The molecule has 0 aliphatic rings. The normalized spacial score (nSPS) is 11.3. The summed E-state index contributed by atoms with van der Waals surface area (Å²) in [5.74, 6) is 0.742. The number of anilines is 1. The Bertz CT molecular complexity index is 924. The van der Waals surface area contributed by atoms with Gasteiger partial charge in [0.2, 0.25) is 10.0 Å². The maximum atomic E-state index is 11.9. The Morgan fingerprint density at radius 3 is 2.33 bits per heavy atom. The zero-order valence-corrected chi connectivity index (χ0v) is 16.5. The van der Waals surface area contributed by atoms with Gasteiger partial charge in [-0.25, -0.2) is 13.1 Å². The molecule has 0 fully saturated rings. The van der Waals surface area contributed by atoms with E-state index in [1.54, 1.807) is 11.9 Å². The SMILES string of the molecule is CNS(=O)(=O)c1ccc(N(C)CCOc2cc(C)cc(C)c2)c([N+](=O)[O-])c1. The summed E-state index contributed by atoms with van der Waals surface area (Å²) in [5, 5.41) is 11.4. The Labute approximate surface area is 159 Å². The van der Waals surface area contributed by atoms with Gasteiger partial charge in [0.05, 0.1) is 16.4 Å². The fraction of sp³-hybridized carbons (Fsp3) is 0.333. The first kappa shape index (κ1) is 20.7. The summed E-state index contributed by atoms with van der Waals surface area (Å²) in [6.07, 6.45) is 0. The van der Waals surface area contributed by atoms with Crippen molar-refractivity contribution in [3.05, 3.63) is 57.6 Å². The number of hydrogen-bond donors (Lipinski definition) is 1. The summed E-state index contributed by atoms with van der Waals surface area (Å²) in [4.78, 5) is 12.3. The molecular formula is C18H23N3O5S. The van der Waals surface area contributed by atoms with Gasteiger partial charge in [-0.15, -0.1) is 0 Å². The molecule has 0 aliphatic carbocycles. The second-order valence-electron chi connectivity index (χ2n) is 6.21. The predicted molar refractivity (Wildman–Crippen MR) is 104 cm³/mol. The molecule has 0 spiro atoms. The number of ether oxygens (including phenoxy) is 1. The van der Waals surface area contributed by atoms with E-state index in [9.17, 15) is 18.5 Å². The standard InChI is InChI=1S/C18H23N3O5S/c1-13-9-14(2)11-15(10-13)26-8-7-20(4)17-6-5-16(27(24,25)19-3)12-18(17)21(22)23/h5-6,9-12,19H,7-8H2,1-4H3. The minimum atomic E-state index is -3.76. The maximum absolute atomic E-state index is 11.9. The monoisotopic (exact) mass is 393 g/mol. The first-order chi connectivity index (χ1) is 12.6. The first-order valence-electron chi connectivity index (χ1n) is 8.28. The molecule has 9 heteroatoms. The summed E-state index contributed by atoms with van der Waals surface area (Å²) in [7, 11) is -0.806. The Morgan fingerprint density at radius 1 is 1.15 bits per heavy atom. The van der Waals surface area contributed by atoms with Crippen molar-refractivity contribution >= 4 is 21.4 Å². The van der Waals surface area contributed by atoms with Gasteiger partial charge in [0.25, 0.3) is 5.69 Å². The number of hydrogen-bond acceptors (Lipinski definition) is 6. The molecule has 27 heavy (non-hydrogen) atoms. The van der Waals surface area contributed by atoms with Crippen LogP contribution in [-0.2, 0) is 10.0 Å². The van der Waals surface area contributed by atoms with Crippen LogP contribution in [0.2, 0.25) is 0 Å². The summed E-state index contributed by atoms with van der Waals surface area (Å²) in [6.45, 7) is 4.69. The van der Waals surface area contributed by atoms with E-state index in [0.717, 1.165) is 22.9 Å². The third-order valence-corrected chi connectivity index (χ3v) is 5.44. The molecule has 0 saturated heterocycles. The molecule has 0 atom stereocenters. The van der Waals surface area contributed by atoms with Gasteiger partial charge in [-0.05, 0) is 56.3 Å². The smallest absolute Gasteiger partial charge is 0.293 e. The molecule has 0 bridgehead atoms. The average molecular weight is 393 g/mol. The van der Waals surface area contributed by atoms with Gasteiger partial charge in [-0.3, -0.25) is 10.1 Å². The first-order valence-corrected chi connectivity index (χ1v) is 9.76. The number of likely N-dealkylation sites (N-methyl/N-ethyl adjacent to an activating group) is 1. The van der Waals surface area contributed by atoms with Crippen LogP contribution in [0.1, 0.15) is 11.1 Å². The third kappa shape index (κ3) is 5.18. The van der Waals surface area contributed by atoms with Gasteiger partial charge in [0.1, 0.15) is 18.0 Å². The second kappa shape index (κ2) is 8.36. The summed E-state index contributed by atoms with van der Waals surface area (Å²) < 4.78 is 31.6. The highest BCUT2D eigenvalue weighted by Gasteiger charge is 2.22. The van der Waals surface area contributed by atoms with Crippen molar-refractivity contribution in [2.24, 2.45) is 0 Å². The van der Waals surface area contributed by atoms with Crippen molar-refractivity contribution in [1.82, 2.24) is 4.72 Å². The molecular weight excluding hydrogens is 370 g/mol. The Hall–Kier alpha value is -2.65. The number of nitro groups is 1. The number of nitrogens with one attached hydrogen (secondary N) is 1. The van der Waals surface area contributed by atoms with Crippen molar-refractivity contribution in [3.8, 4) is 5.75 Å². The van der Waals surface area contributed by atoms with Gasteiger partial charge in [0, 0.05) is 13.1 Å². The largest absolute Gasteiger partial charge is 0.492 e. The van der Waals surface area contributed by atoms with Crippen LogP contribution in [0.15, 0.2) is 41.3 Å². The van der Waals surface area contributed by atoms with Crippen molar-refractivity contribution in [2.45, 2.75) is 18.7 Å². The third-order valence-electron chi connectivity index (χ3n) is 4.02. The second-order valence-corrected chi connectivity index (χ2v) is 8.10. The number of benzene rings is 2. The average Bonchev–Trinajstić information content (AvgIpc) is 2.60. The minimum absolute atomic E-state index is 0.152. The topological polar surface area (TPSA) is 102 Å². The molecule has 0 aliphatic heterocycles. The Kier molecular flexibility index (Phi) is 6.40. The molecule has 2 rings (SSSR count). The van der Waals surface area contributed by atoms with Crippen LogP contribution in [0.4, 0.5) is 11.4 Å². The summed E-state index contributed by atoms with van der Waals surface area (Å²) in [6, 6.07) is 9.72. The number of aryl methyl sites for hydroxylation is 2. The number of nitro benzene ring substituents is 1. The fourth-order valence-corrected chi connectivity index (χ4v) is 3.44. The Balaban J connectivity index is 2.15. The molecule has 0 heterocycles. The highest BCUT2D eigenvalue weighted by Crippen LogP contribution is 2.30. The van der Waals surface area contributed by atoms with Gasteiger partial charge >= 0.3 is 0 Å². The molecule has 146 valence electrons. The van der Waals surface area contributed by atoms with Gasteiger partial charge in [-0.2, -0.15) is 0 Å². The molecule has 2 aromatic rings. The molecule has 2 aromatic carbocycles. The van der Waals surface area contributed by atoms with E-state index in [4.69, 9.17) is 4.74 Å². The van der Waals surface area contributed by atoms with Crippen LogP contribution < -0.4 is 14.4 Å². The zero-order chi connectivity index (χ0) is 20.2. The van der Waals surface area contributed by atoms with E-state index in [1.165, 1.54) is 19.2 Å². The molecule has 0 aromatic heterocycles. The molecule has 8 nitrogen and oxygen atoms in total. The number of sulfonamides is 1. The van der Waals surface area contributed by atoms with E-state index in [-0.39, 0.29) is 10.6 Å². The van der Waals surface area contributed by atoms with Crippen molar-refractivity contribution < 1.29 is 18.1 Å². The van der Waals surface area contributed by atoms with Crippen LogP contribution in [0, 0.1) is 24.0 Å². The van der Waals surface area contributed by atoms with Gasteiger partial charge in [0.15, 0.2) is 0 Å². The highest BCUT2D eigenvalue weighted by molar-refractivity contribution is 7.89. The van der Waals surface area contributed by atoms with Crippen LogP contribution >= 0.6 is 0 Å². The van der Waals surface area contributed by atoms with Crippen molar-refractivity contribution in [1.29, 1.82) is 0 Å². The Morgan fingerprint density at radius 2 is 1.78 bits per heavy atom. The van der Waals surface area contributed by atoms with Crippen molar-refractivity contribution in [3.63, 3.8) is 0 Å². The lowest BCUT2D eigenvalue weighted by Crippen LogP contribution is -2.25. The lowest BCUT2D eigenvalue weighted by Gasteiger charge is -2.20. The maximum Gasteiger partial charge on any atom is 0.293 e. The van der Waals surface area contributed by atoms with E-state index < -0.39 is 14.9 Å². The lowest BCUT2D eigenvalue weighted by molar-refractivity contribution is -0.384. The fourth-order valence-electron chi connectivity index (χ4n) is 2.69. The zero-order valence-electron chi connectivity index (χ0n) is 15.7. The molecule has 0 radical (unpaired) electrons. The summed E-state index contributed by atoms with van der Waals surface area (Å²) in [5.41, 5.74) is 2.23. The molecule has 0 unspecified atom stereocenters. The van der Waals surface area contributed by atoms with Gasteiger partial charge < -0.3 is 9.64 Å². The van der Waals surface area contributed by atoms with Gasteiger partial charge in [-0.1, -0.05) is 6.07 Å². The van der Waals surface area contributed by atoms with E-state index in [0.29, 0.717) is 18.8 Å². The van der Waals surface area contributed by atoms with Crippen LogP contribution in [0.25, 0.3) is 0 Å². The predicted octanol–water partition coefficient (Wildman–Crippen LogP) is 2.63. The quantitative estimate of drug-likeness (QED) is 0.546.